The van der Waals surface area contributed by atoms with Crippen molar-refractivity contribution in [3.05, 3.63) is 35.9 Å². The zero-order valence-corrected chi connectivity index (χ0v) is 12.3. The Morgan fingerprint density at radius 3 is 2.48 bits per heavy atom. The summed E-state index contributed by atoms with van der Waals surface area (Å²) >= 11 is 0. The summed E-state index contributed by atoms with van der Waals surface area (Å²) in [5.74, 6) is -0.444. The van der Waals surface area contributed by atoms with E-state index in [1.165, 1.54) is 5.56 Å². The second-order valence-electron chi connectivity index (χ2n) is 5.80. The highest BCUT2D eigenvalue weighted by atomic mass is 16.4. The fraction of sp³-hybridized carbons (Fsp3) is 0.500. The number of amides is 2. The second kappa shape index (κ2) is 6.61. The first-order chi connectivity index (χ1) is 10.0. The van der Waals surface area contributed by atoms with Gasteiger partial charge in [-0.3, -0.25) is 4.79 Å². The molecule has 21 heavy (non-hydrogen) atoms. The van der Waals surface area contributed by atoms with E-state index in [1.807, 2.05) is 18.2 Å². The van der Waals surface area contributed by atoms with Crippen molar-refractivity contribution in [3.63, 3.8) is 0 Å². The first kappa shape index (κ1) is 15.4. The van der Waals surface area contributed by atoms with Crippen molar-refractivity contribution in [2.75, 3.05) is 13.1 Å². The van der Waals surface area contributed by atoms with Crippen LogP contribution >= 0.6 is 0 Å². The minimum absolute atomic E-state index is 0.211. The van der Waals surface area contributed by atoms with E-state index in [2.05, 4.69) is 29.7 Å². The predicted octanol–water partition coefficient (Wildman–Crippen LogP) is 2.34. The van der Waals surface area contributed by atoms with Crippen molar-refractivity contribution in [3.8, 4) is 0 Å². The Labute approximate surface area is 124 Å². The third-order valence-electron chi connectivity index (χ3n) is 4.13. The average Bonchev–Trinajstić information content (AvgIpc) is 3.27. The Morgan fingerprint density at radius 2 is 1.90 bits per heavy atom. The molecule has 0 aromatic heterocycles. The number of carbonyl (C=O) groups excluding carboxylic acids is 1. The molecule has 1 fully saturated rings. The molecular weight excluding hydrogens is 268 g/mol. The number of hydrogen-bond donors (Lipinski definition) is 3. The van der Waals surface area contributed by atoms with Crippen LogP contribution in [-0.4, -0.2) is 30.2 Å². The Balaban J connectivity index is 1.64. The first-order valence-corrected chi connectivity index (χ1v) is 7.33. The third-order valence-corrected chi connectivity index (χ3v) is 4.13. The summed E-state index contributed by atoms with van der Waals surface area (Å²) < 4.78 is 0. The van der Waals surface area contributed by atoms with Crippen LogP contribution in [0.3, 0.4) is 0 Å². The van der Waals surface area contributed by atoms with E-state index in [1.54, 1.807) is 0 Å². The molecule has 0 aliphatic heterocycles. The van der Waals surface area contributed by atoms with Crippen LogP contribution < -0.4 is 10.6 Å². The minimum Gasteiger partial charge on any atom is -0.481 e. The highest BCUT2D eigenvalue weighted by Crippen LogP contribution is 2.45. The maximum Gasteiger partial charge on any atom is 0.314 e. The average molecular weight is 290 g/mol. The molecule has 0 saturated heterocycles. The molecule has 2 rings (SSSR count). The van der Waals surface area contributed by atoms with Crippen LogP contribution in [0.1, 0.15) is 37.7 Å². The van der Waals surface area contributed by atoms with Crippen LogP contribution in [0.25, 0.3) is 0 Å². The van der Waals surface area contributed by atoms with Crippen molar-refractivity contribution in [1.29, 1.82) is 0 Å². The molecule has 1 aromatic carbocycles. The number of carboxylic acid groups (broad SMARTS) is 1. The van der Waals surface area contributed by atoms with Gasteiger partial charge in [0.15, 0.2) is 0 Å². The zero-order chi connectivity index (χ0) is 15.3. The number of carbonyl (C=O) groups is 2. The Morgan fingerprint density at radius 1 is 1.24 bits per heavy atom. The molecule has 1 saturated carbocycles. The summed E-state index contributed by atoms with van der Waals surface area (Å²) in [7, 11) is 0. The molecule has 2 amide bonds. The highest BCUT2D eigenvalue weighted by Gasteiger charge is 2.50. The van der Waals surface area contributed by atoms with Crippen molar-refractivity contribution in [2.45, 2.75) is 32.1 Å². The van der Waals surface area contributed by atoms with Crippen LogP contribution in [0, 0.1) is 5.41 Å². The Hall–Kier alpha value is -2.04. The van der Waals surface area contributed by atoms with Crippen LogP contribution in [0.4, 0.5) is 4.79 Å². The molecule has 0 bridgehead atoms. The van der Waals surface area contributed by atoms with Crippen LogP contribution in [0.5, 0.6) is 0 Å². The standard InChI is InChI=1S/C16H22N2O3/c1-12(13-5-3-2-4-6-13)7-10-17-15(21)18-11-16(8-9-16)14(19)20/h2-6,12H,7-11H2,1H3,(H,19,20)(H2,17,18,21). The summed E-state index contributed by atoms with van der Waals surface area (Å²) in [5.41, 5.74) is 0.539. The monoisotopic (exact) mass is 290 g/mol. The molecule has 5 heteroatoms. The summed E-state index contributed by atoms with van der Waals surface area (Å²) in [5, 5.41) is 14.4. The molecule has 1 atom stereocenters. The van der Waals surface area contributed by atoms with Crippen molar-refractivity contribution < 1.29 is 14.7 Å². The number of urea groups is 1. The summed E-state index contributed by atoms with van der Waals surface area (Å²) in [4.78, 5) is 22.6. The van der Waals surface area contributed by atoms with E-state index >= 15 is 0 Å². The quantitative estimate of drug-likeness (QED) is 0.721. The van der Waals surface area contributed by atoms with Crippen LogP contribution in [0.2, 0.25) is 0 Å². The van der Waals surface area contributed by atoms with Gasteiger partial charge in [-0.15, -0.1) is 0 Å². The zero-order valence-electron chi connectivity index (χ0n) is 12.3. The van der Waals surface area contributed by atoms with E-state index in [4.69, 9.17) is 5.11 Å². The normalized spacial score (nSPS) is 16.8. The highest BCUT2D eigenvalue weighted by molar-refractivity contribution is 5.80. The van der Waals surface area contributed by atoms with Gasteiger partial charge in [0.1, 0.15) is 0 Å². The van der Waals surface area contributed by atoms with Gasteiger partial charge in [-0.1, -0.05) is 37.3 Å². The van der Waals surface area contributed by atoms with Crippen LogP contribution in [0.15, 0.2) is 30.3 Å². The van der Waals surface area contributed by atoms with Gasteiger partial charge < -0.3 is 15.7 Å². The lowest BCUT2D eigenvalue weighted by Crippen LogP contribution is -2.41. The molecular formula is C16H22N2O3. The molecule has 0 heterocycles. The minimum atomic E-state index is -0.819. The molecule has 0 radical (unpaired) electrons. The smallest absolute Gasteiger partial charge is 0.314 e. The van der Waals surface area contributed by atoms with Gasteiger partial charge in [0.05, 0.1) is 5.41 Å². The first-order valence-electron chi connectivity index (χ1n) is 7.33. The number of nitrogens with one attached hydrogen (secondary N) is 2. The van der Waals surface area contributed by atoms with Gasteiger partial charge in [0.2, 0.25) is 0 Å². The van der Waals surface area contributed by atoms with Gasteiger partial charge >= 0.3 is 12.0 Å². The number of rotatable bonds is 7. The summed E-state index contributed by atoms with van der Waals surface area (Å²) in [6, 6.07) is 9.86. The molecule has 1 aliphatic rings. The predicted molar refractivity (Wildman–Crippen MR) is 80.2 cm³/mol. The maximum absolute atomic E-state index is 11.6. The fourth-order valence-electron chi connectivity index (χ4n) is 2.28. The molecule has 1 unspecified atom stereocenters. The Bertz CT molecular complexity index is 498. The third kappa shape index (κ3) is 4.21. The summed E-state index contributed by atoms with van der Waals surface area (Å²) in [6.07, 6.45) is 2.14. The van der Waals surface area contributed by atoms with Crippen molar-refractivity contribution in [2.24, 2.45) is 5.41 Å². The van der Waals surface area contributed by atoms with Gasteiger partial charge in [0.25, 0.3) is 0 Å². The van der Waals surface area contributed by atoms with Gasteiger partial charge in [0, 0.05) is 13.1 Å². The largest absolute Gasteiger partial charge is 0.481 e. The Kier molecular flexibility index (Phi) is 4.83. The molecule has 1 aliphatic carbocycles. The van der Waals surface area contributed by atoms with E-state index in [9.17, 15) is 9.59 Å². The van der Waals surface area contributed by atoms with Gasteiger partial charge in [-0.05, 0) is 30.7 Å². The number of hydrogen-bond acceptors (Lipinski definition) is 2. The van der Waals surface area contributed by atoms with Gasteiger partial charge in [-0.25, -0.2) is 4.79 Å². The molecule has 1 aromatic rings. The molecule has 3 N–H and O–H groups in total. The molecule has 0 spiro atoms. The summed E-state index contributed by atoms with van der Waals surface area (Å²) in [6.45, 7) is 2.91. The van der Waals surface area contributed by atoms with Gasteiger partial charge in [-0.2, -0.15) is 0 Å². The maximum atomic E-state index is 11.6. The lowest BCUT2D eigenvalue weighted by atomic mass is 9.98. The van der Waals surface area contributed by atoms with Crippen LogP contribution in [-0.2, 0) is 4.79 Å². The van der Waals surface area contributed by atoms with E-state index < -0.39 is 11.4 Å². The van der Waals surface area contributed by atoms with Crippen molar-refractivity contribution in [1.82, 2.24) is 10.6 Å². The topological polar surface area (TPSA) is 78.4 Å². The van der Waals surface area contributed by atoms with E-state index in [0.717, 1.165) is 6.42 Å². The lowest BCUT2D eigenvalue weighted by Gasteiger charge is -2.14. The molecule has 114 valence electrons. The number of carboxylic acids is 1. The lowest BCUT2D eigenvalue weighted by molar-refractivity contribution is -0.143. The fourth-order valence-corrected chi connectivity index (χ4v) is 2.28. The second-order valence-corrected chi connectivity index (χ2v) is 5.80. The van der Waals surface area contributed by atoms with E-state index in [-0.39, 0.29) is 12.6 Å². The molecule has 5 nitrogen and oxygen atoms in total. The SMILES string of the molecule is CC(CCNC(=O)NCC1(C(=O)O)CC1)c1ccccc1. The number of aliphatic carboxylic acids is 1. The van der Waals surface area contributed by atoms with Crippen molar-refractivity contribution >= 4 is 12.0 Å². The number of benzene rings is 1. The van der Waals surface area contributed by atoms with E-state index in [0.29, 0.717) is 25.3 Å².